The lowest BCUT2D eigenvalue weighted by Crippen LogP contribution is -2.40. The van der Waals surface area contributed by atoms with E-state index in [0.717, 1.165) is 6.20 Å². The average molecular weight is 325 g/mol. The van der Waals surface area contributed by atoms with Crippen LogP contribution in [-0.4, -0.2) is 22.1 Å². The molecule has 1 atom stereocenters. The maximum Gasteiger partial charge on any atom is 0.412 e. The van der Waals surface area contributed by atoms with E-state index in [2.05, 4.69) is 9.97 Å². The van der Waals surface area contributed by atoms with E-state index >= 15 is 0 Å². The van der Waals surface area contributed by atoms with Crippen molar-refractivity contribution < 1.29 is 18.0 Å². The van der Waals surface area contributed by atoms with Gasteiger partial charge in [-0.05, 0) is 31.5 Å². The fourth-order valence-corrected chi connectivity index (χ4v) is 2.00. The number of aryl methyl sites for hydroxylation is 2. The molecule has 0 saturated carbocycles. The van der Waals surface area contributed by atoms with E-state index < -0.39 is 23.7 Å². The van der Waals surface area contributed by atoms with Gasteiger partial charge in [0.05, 0.1) is 0 Å². The van der Waals surface area contributed by atoms with Gasteiger partial charge in [0.15, 0.2) is 6.04 Å². The molecule has 1 amide bonds. The number of hydrogen-bond donors (Lipinski definition) is 2. The van der Waals surface area contributed by atoms with Gasteiger partial charge in [-0.1, -0.05) is 6.07 Å². The van der Waals surface area contributed by atoms with E-state index in [4.69, 9.17) is 0 Å². The number of nitrogens with zero attached hydrogens (tertiary/aromatic N) is 1. The van der Waals surface area contributed by atoms with E-state index in [0.29, 0.717) is 11.3 Å². The topological polar surface area (TPSA) is 74.8 Å². The SMILES string of the molecule is Cc1cc(C(=O)N[C@H](c2cccnc2)C(F)(F)F)c(=O)[nH]c1C. The Balaban J connectivity index is 2.36. The second-order valence-corrected chi connectivity index (χ2v) is 5.05. The van der Waals surface area contributed by atoms with Crippen LogP contribution in [0.4, 0.5) is 13.2 Å². The molecular formula is C15H14F3N3O2. The van der Waals surface area contributed by atoms with Crippen LogP contribution in [-0.2, 0) is 0 Å². The molecule has 2 aromatic rings. The van der Waals surface area contributed by atoms with Crippen LogP contribution < -0.4 is 10.9 Å². The smallest absolute Gasteiger partial charge is 0.336 e. The first-order valence-electron chi connectivity index (χ1n) is 6.68. The Hall–Kier alpha value is -2.64. The number of aromatic amines is 1. The Labute approximate surface area is 129 Å². The van der Waals surface area contributed by atoms with Crippen LogP contribution in [0.2, 0.25) is 0 Å². The summed E-state index contributed by atoms with van der Waals surface area (Å²) in [7, 11) is 0. The van der Waals surface area contributed by atoms with E-state index in [1.54, 1.807) is 13.8 Å². The number of carbonyl (C=O) groups is 1. The number of aromatic nitrogens is 2. The van der Waals surface area contributed by atoms with Crippen molar-refractivity contribution in [1.82, 2.24) is 15.3 Å². The number of nitrogens with one attached hydrogen (secondary N) is 2. The van der Waals surface area contributed by atoms with Crippen molar-refractivity contribution in [3.05, 3.63) is 63.3 Å². The predicted molar refractivity (Wildman–Crippen MR) is 77.0 cm³/mol. The first-order valence-corrected chi connectivity index (χ1v) is 6.68. The maximum atomic E-state index is 13.2. The number of halogens is 3. The summed E-state index contributed by atoms with van der Waals surface area (Å²) in [5.41, 5.74) is -0.177. The molecule has 8 heteroatoms. The third kappa shape index (κ3) is 3.77. The van der Waals surface area contributed by atoms with Crippen molar-refractivity contribution in [2.45, 2.75) is 26.1 Å². The lowest BCUT2D eigenvalue weighted by molar-refractivity contribution is -0.155. The molecule has 122 valence electrons. The summed E-state index contributed by atoms with van der Waals surface area (Å²) in [6, 6.07) is 1.56. The molecule has 0 unspecified atom stereocenters. The van der Waals surface area contributed by atoms with Crippen LogP contribution in [0.15, 0.2) is 35.4 Å². The standard InChI is InChI=1S/C15H14F3N3O2/c1-8-6-11(13(22)20-9(8)2)14(23)21-12(15(16,17)18)10-4-3-5-19-7-10/h3-7,12H,1-2H3,(H,20,22)(H,21,23)/t12-/m1/s1. The molecular weight excluding hydrogens is 311 g/mol. The second-order valence-electron chi connectivity index (χ2n) is 5.05. The molecule has 5 nitrogen and oxygen atoms in total. The van der Waals surface area contributed by atoms with Gasteiger partial charge in [0, 0.05) is 23.7 Å². The minimum absolute atomic E-state index is 0.214. The number of amides is 1. The quantitative estimate of drug-likeness (QED) is 0.910. The van der Waals surface area contributed by atoms with Crippen molar-refractivity contribution in [3.8, 4) is 0 Å². The Bertz CT molecular complexity index is 770. The number of alkyl halides is 3. The highest BCUT2D eigenvalue weighted by molar-refractivity contribution is 5.94. The van der Waals surface area contributed by atoms with Crippen molar-refractivity contribution >= 4 is 5.91 Å². The van der Waals surface area contributed by atoms with Gasteiger partial charge in [-0.25, -0.2) is 0 Å². The van der Waals surface area contributed by atoms with Gasteiger partial charge in [0.1, 0.15) is 5.56 Å². The largest absolute Gasteiger partial charge is 0.412 e. The van der Waals surface area contributed by atoms with Gasteiger partial charge in [0.2, 0.25) is 0 Å². The minimum atomic E-state index is -4.72. The number of carbonyl (C=O) groups excluding carboxylic acids is 1. The minimum Gasteiger partial charge on any atom is -0.336 e. The lowest BCUT2D eigenvalue weighted by atomic mass is 10.1. The number of pyridine rings is 2. The highest BCUT2D eigenvalue weighted by Gasteiger charge is 2.42. The van der Waals surface area contributed by atoms with Gasteiger partial charge < -0.3 is 10.3 Å². The van der Waals surface area contributed by atoms with Crippen molar-refractivity contribution in [2.24, 2.45) is 0 Å². The predicted octanol–water partition coefficient (Wildman–Crippen LogP) is 2.42. The summed E-state index contributed by atoms with van der Waals surface area (Å²) >= 11 is 0. The monoisotopic (exact) mass is 325 g/mol. The third-order valence-corrected chi connectivity index (χ3v) is 3.36. The Morgan fingerprint density at radius 2 is 2.04 bits per heavy atom. The molecule has 2 heterocycles. The molecule has 0 aromatic carbocycles. The fraction of sp³-hybridized carbons (Fsp3) is 0.267. The van der Waals surface area contributed by atoms with Gasteiger partial charge in [-0.2, -0.15) is 13.2 Å². The number of hydrogen-bond acceptors (Lipinski definition) is 3. The van der Waals surface area contributed by atoms with Crippen molar-refractivity contribution in [2.75, 3.05) is 0 Å². The van der Waals surface area contributed by atoms with E-state index in [-0.39, 0.29) is 11.1 Å². The van der Waals surface area contributed by atoms with Gasteiger partial charge in [0.25, 0.3) is 11.5 Å². The van der Waals surface area contributed by atoms with Crippen LogP contribution in [0.5, 0.6) is 0 Å². The fourth-order valence-electron chi connectivity index (χ4n) is 2.00. The van der Waals surface area contributed by atoms with Crippen LogP contribution >= 0.6 is 0 Å². The average Bonchev–Trinajstić information content (AvgIpc) is 2.48. The van der Waals surface area contributed by atoms with E-state index in [1.807, 2.05) is 5.32 Å². The molecule has 0 bridgehead atoms. The van der Waals surface area contributed by atoms with Crippen LogP contribution in [0, 0.1) is 13.8 Å². The Morgan fingerprint density at radius 3 is 2.61 bits per heavy atom. The molecule has 0 aliphatic heterocycles. The summed E-state index contributed by atoms with van der Waals surface area (Å²) in [6.45, 7) is 3.27. The van der Waals surface area contributed by atoms with Crippen LogP contribution in [0.25, 0.3) is 0 Å². The molecule has 0 saturated heterocycles. The zero-order chi connectivity index (χ0) is 17.2. The first-order chi connectivity index (χ1) is 10.7. The number of H-pyrrole nitrogens is 1. The molecule has 0 aliphatic rings. The van der Waals surface area contributed by atoms with Crippen molar-refractivity contribution in [3.63, 3.8) is 0 Å². The molecule has 2 aromatic heterocycles. The molecule has 2 N–H and O–H groups in total. The molecule has 23 heavy (non-hydrogen) atoms. The van der Waals surface area contributed by atoms with Crippen LogP contribution in [0.3, 0.4) is 0 Å². The van der Waals surface area contributed by atoms with Crippen LogP contribution in [0.1, 0.15) is 33.2 Å². The first kappa shape index (κ1) is 16.7. The normalized spacial score (nSPS) is 12.7. The highest BCUT2D eigenvalue weighted by Crippen LogP contribution is 2.32. The zero-order valence-corrected chi connectivity index (χ0v) is 12.4. The van der Waals surface area contributed by atoms with E-state index in [1.165, 1.54) is 24.4 Å². The highest BCUT2D eigenvalue weighted by atomic mass is 19.4. The Morgan fingerprint density at radius 1 is 1.35 bits per heavy atom. The van der Waals surface area contributed by atoms with Crippen molar-refractivity contribution in [1.29, 1.82) is 0 Å². The molecule has 0 fully saturated rings. The van der Waals surface area contributed by atoms with Gasteiger partial charge in [-0.3, -0.25) is 14.6 Å². The molecule has 2 rings (SSSR count). The lowest BCUT2D eigenvalue weighted by Gasteiger charge is -2.21. The van der Waals surface area contributed by atoms with Gasteiger partial charge in [-0.15, -0.1) is 0 Å². The summed E-state index contributed by atoms with van der Waals surface area (Å²) in [5.74, 6) is -1.10. The maximum absolute atomic E-state index is 13.2. The zero-order valence-electron chi connectivity index (χ0n) is 12.4. The molecule has 0 spiro atoms. The summed E-state index contributed by atoms with van der Waals surface area (Å²) in [5, 5.41) is 1.85. The summed E-state index contributed by atoms with van der Waals surface area (Å²) in [6.07, 6.45) is -2.37. The molecule has 0 aliphatic carbocycles. The van der Waals surface area contributed by atoms with E-state index in [9.17, 15) is 22.8 Å². The Kier molecular flexibility index (Phi) is 4.53. The third-order valence-electron chi connectivity index (χ3n) is 3.36. The number of rotatable bonds is 3. The second kappa shape index (κ2) is 6.23. The summed E-state index contributed by atoms with van der Waals surface area (Å²) < 4.78 is 39.6. The summed E-state index contributed by atoms with van der Waals surface area (Å²) in [4.78, 5) is 30.0. The molecule has 0 radical (unpaired) electrons. The van der Waals surface area contributed by atoms with Gasteiger partial charge >= 0.3 is 6.18 Å².